The number of aliphatic hydroxyl groups excluding tert-OH is 1. The highest BCUT2D eigenvalue weighted by molar-refractivity contribution is 6.04. The topological polar surface area (TPSA) is 62.2 Å². The molecule has 110 valence electrons. The minimum absolute atomic E-state index is 0.0582. The maximum Gasteiger partial charge on any atom is 0.274 e. The van der Waals surface area contributed by atoms with Crippen molar-refractivity contribution in [3.63, 3.8) is 0 Å². The SMILES string of the molecule is Cc1ccc(CO)cc1NC(=O)c1ccc2ccccc2n1. The molecule has 0 aliphatic rings. The van der Waals surface area contributed by atoms with Gasteiger partial charge in [0.05, 0.1) is 12.1 Å². The fraction of sp³-hybridized carbons (Fsp3) is 0.111. The maximum atomic E-state index is 12.4. The Hall–Kier alpha value is -2.72. The van der Waals surface area contributed by atoms with E-state index in [2.05, 4.69) is 10.3 Å². The number of aliphatic hydroxyl groups is 1. The molecule has 0 atom stereocenters. The van der Waals surface area contributed by atoms with Crippen molar-refractivity contribution in [2.75, 3.05) is 5.32 Å². The zero-order chi connectivity index (χ0) is 15.5. The molecule has 4 nitrogen and oxygen atoms in total. The van der Waals surface area contributed by atoms with Gasteiger partial charge in [0.2, 0.25) is 0 Å². The molecule has 2 aromatic carbocycles. The Balaban J connectivity index is 1.90. The van der Waals surface area contributed by atoms with E-state index in [0.717, 1.165) is 22.0 Å². The largest absolute Gasteiger partial charge is 0.392 e. The second-order valence-corrected chi connectivity index (χ2v) is 5.15. The highest BCUT2D eigenvalue weighted by atomic mass is 16.3. The Morgan fingerprint density at radius 3 is 2.77 bits per heavy atom. The molecule has 0 fully saturated rings. The molecule has 2 N–H and O–H groups in total. The molecule has 0 radical (unpaired) electrons. The molecular weight excluding hydrogens is 276 g/mol. The molecule has 3 rings (SSSR count). The summed E-state index contributed by atoms with van der Waals surface area (Å²) < 4.78 is 0. The van der Waals surface area contributed by atoms with E-state index in [-0.39, 0.29) is 12.5 Å². The van der Waals surface area contributed by atoms with Crippen molar-refractivity contribution >= 4 is 22.5 Å². The summed E-state index contributed by atoms with van der Waals surface area (Å²) in [7, 11) is 0. The summed E-state index contributed by atoms with van der Waals surface area (Å²) in [5, 5.41) is 13.0. The lowest BCUT2D eigenvalue weighted by atomic mass is 10.1. The van der Waals surface area contributed by atoms with Crippen LogP contribution in [0.2, 0.25) is 0 Å². The molecule has 0 spiro atoms. The van der Waals surface area contributed by atoms with Crippen molar-refractivity contribution < 1.29 is 9.90 Å². The lowest BCUT2D eigenvalue weighted by Crippen LogP contribution is -2.14. The van der Waals surface area contributed by atoms with E-state index >= 15 is 0 Å². The van der Waals surface area contributed by atoms with Gasteiger partial charge in [-0.1, -0.05) is 36.4 Å². The molecule has 1 amide bonds. The van der Waals surface area contributed by atoms with Crippen molar-refractivity contribution in [1.29, 1.82) is 0 Å². The molecule has 0 saturated heterocycles. The first-order chi connectivity index (χ1) is 10.7. The predicted molar refractivity (Wildman–Crippen MR) is 86.8 cm³/mol. The van der Waals surface area contributed by atoms with Gasteiger partial charge in [0.15, 0.2) is 0 Å². The third kappa shape index (κ3) is 2.82. The molecule has 1 aromatic heterocycles. The van der Waals surface area contributed by atoms with Crippen LogP contribution in [-0.4, -0.2) is 16.0 Å². The number of nitrogens with one attached hydrogen (secondary N) is 1. The van der Waals surface area contributed by atoms with E-state index in [1.54, 1.807) is 12.1 Å². The number of para-hydroxylation sites is 1. The van der Waals surface area contributed by atoms with Gasteiger partial charge in [0.1, 0.15) is 5.69 Å². The number of aromatic nitrogens is 1. The molecule has 4 heteroatoms. The molecule has 0 aliphatic heterocycles. The lowest BCUT2D eigenvalue weighted by molar-refractivity contribution is 0.102. The Labute approximate surface area is 128 Å². The summed E-state index contributed by atoms with van der Waals surface area (Å²) in [6.07, 6.45) is 0. The van der Waals surface area contributed by atoms with Gasteiger partial charge in [-0.25, -0.2) is 4.98 Å². The van der Waals surface area contributed by atoms with E-state index in [1.807, 2.05) is 49.4 Å². The number of hydrogen-bond acceptors (Lipinski definition) is 3. The number of pyridine rings is 1. The summed E-state index contributed by atoms with van der Waals surface area (Å²) >= 11 is 0. The summed E-state index contributed by atoms with van der Waals surface area (Å²) in [6, 6.07) is 16.7. The number of anilines is 1. The van der Waals surface area contributed by atoms with Gasteiger partial charge in [-0.2, -0.15) is 0 Å². The first kappa shape index (κ1) is 14.2. The Morgan fingerprint density at radius 1 is 1.14 bits per heavy atom. The monoisotopic (exact) mass is 292 g/mol. The number of carbonyl (C=O) groups is 1. The van der Waals surface area contributed by atoms with Crippen molar-refractivity contribution in [3.05, 3.63) is 71.4 Å². The highest BCUT2D eigenvalue weighted by Crippen LogP contribution is 2.18. The zero-order valence-electron chi connectivity index (χ0n) is 12.2. The van der Waals surface area contributed by atoms with Crippen molar-refractivity contribution in [2.24, 2.45) is 0 Å². The number of fused-ring (bicyclic) bond motifs is 1. The first-order valence-electron chi connectivity index (χ1n) is 7.05. The predicted octanol–water partition coefficient (Wildman–Crippen LogP) is 3.29. The van der Waals surface area contributed by atoms with E-state index < -0.39 is 0 Å². The number of aryl methyl sites for hydroxylation is 1. The Kier molecular flexibility index (Phi) is 3.85. The standard InChI is InChI=1S/C18H16N2O2/c1-12-6-7-13(11-21)10-17(12)20-18(22)16-9-8-14-4-2-3-5-15(14)19-16/h2-10,21H,11H2,1H3,(H,20,22). The minimum atomic E-state index is -0.260. The van der Waals surface area contributed by atoms with Crippen LogP contribution in [0.1, 0.15) is 21.6 Å². The number of hydrogen-bond donors (Lipinski definition) is 2. The third-order valence-electron chi connectivity index (χ3n) is 3.56. The Morgan fingerprint density at radius 2 is 1.95 bits per heavy atom. The van der Waals surface area contributed by atoms with Crippen molar-refractivity contribution in [2.45, 2.75) is 13.5 Å². The minimum Gasteiger partial charge on any atom is -0.392 e. The maximum absolute atomic E-state index is 12.4. The molecule has 0 saturated carbocycles. The van der Waals surface area contributed by atoms with Crippen LogP contribution in [0.5, 0.6) is 0 Å². The lowest BCUT2D eigenvalue weighted by Gasteiger charge is -2.10. The summed E-state index contributed by atoms with van der Waals surface area (Å²) in [5.41, 5.74) is 3.54. The zero-order valence-corrected chi connectivity index (χ0v) is 12.2. The van der Waals surface area contributed by atoms with Gasteiger partial charge >= 0.3 is 0 Å². The molecular formula is C18H16N2O2. The van der Waals surface area contributed by atoms with E-state index in [1.165, 1.54) is 0 Å². The number of carbonyl (C=O) groups excluding carboxylic acids is 1. The van der Waals surface area contributed by atoms with Crippen LogP contribution in [0, 0.1) is 6.92 Å². The van der Waals surface area contributed by atoms with Gasteiger partial charge in [0, 0.05) is 11.1 Å². The first-order valence-corrected chi connectivity index (χ1v) is 7.05. The van der Waals surface area contributed by atoms with E-state index in [0.29, 0.717) is 11.4 Å². The van der Waals surface area contributed by atoms with Gasteiger partial charge < -0.3 is 10.4 Å². The fourth-order valence-corrected chi connectivity index (χ4v) is 2.28. The summed E-state index contributed by atoms with van der Waals surface area (Å²) in [6.45, 7) is 1.85. The van der Waals surface area contributed by atoms with Crippen LogP contribution >= 0.6 is 0 Å². The van der Waals surface area contributed by atoms with E-state index in [9.17, 15) is 9.90 Å². The third-order valence-corrected chi connectivity index (χ3v) is 3.56. The number of amides is 1. The molecule has 0 bridgehead atoms. The second kappa shape index (κ2) is 5.95. The number of nitrogens with zero attached hydrogens (tertiary/aromatic N) is 1. The van der Waals surface area contributed by atoms with Crippen LogP contribution in [0.25, 0.3) is 10.9 Å². The molecule has 22 heavy (non-hydrogen) atoms. The molecule has 0 aliphatic carbocycles. The highest BCUT2D eigenvalue weighted by Gasteiger charge is 2.10. The second-order valence-electron chi connectivity index (χ2n) is 5.15. The van der Waals surface area contributed by atoms with Gasteiger partial charge in [-0.05, 0) is 36.2 Å². The average Bonchev–Trinajstić information content (AvgIpc) is 2.56. The van der Waals surface area contributed by atoms with Gasteiger partial charge in [0.25, 0.3) is 5.91 Å². The van der Waals surface area contributed by atoms with Crippen LogP contribution in [0.4, 0.5) is 5.69 Å². The quantitative estimate of drug-likeness (QED) is 0.778. The van der Waals surface area contributed by atoms with Gasteiger partial charge in [-0.15, -0.1) is 0 Å². The van der Waals surface area contributed by atoms with E-state index in [4.69, 9.17) is 0 Å². The Bertz CT molecular complexity index is 843. The number of rotatable bonds is 3. The van der Waals surface area contributed by atoms with Crippen molar-refractivity contribution in [3.8, 4) is 0 Å². The van der Waals surface area contributed by atoms with Crippen LogP contribution in [0.15, 0.2) is 54.6 Å². The summed E-state index contributed by atoms with van der Waals surface area (Å²) in [5.74, 6) is -0.260. The van der Waals surface area contributed by atoms with Crippen LogP contribution < -0.4 is 5.32 Å². The summed E-state index contributed by atoms with van der Waals surface area (Å²) in [4.78, 5) is 16.8. The van der Waals surface area contributed by atoms with Crippen molar-refractivity contribution in [1.82, 2.24) is 4.98 Å². The fourth-order valence-electron chi connectivity index (χ4n) is 2.28. The molecule has 3 aromatic rings. The number of benzene rings is 2. The average molecular weight is 292 g/mol. The van der Waals surface area contributed by atoms with Gasteiger partial charge in [-0.3, -0.25) is 4.79 Å². The normalized spacial score (nSPS) is 10.6. The van der Waals surface area contributed by atoms with Crippen LogP contribution in [-0.2, 0) is 6.61 Å². The van der Waals surface area contributed by atoms with Crippen LogP contribution in [0.3, 0.4) is 0 Å². The smallest absolute Gasteiger partial charge is 0.274 e. The molecule has 1 heterocycles. The molecule has 0 unspecified atom stereocenters.